The molecule has 0 aliphatic rings. The first kappa shape index (κ1) is 20.8. The lowest BCUT2D eigenvalue weighted by Gasteiger charge is -2.12. The molecule has 5 heteroatoms. The highest BCUT2D eigenvalue weighted by atomic mass is 16.5. The second-order valence-electron chi connectivity index (χ2n) is 7.49. The monoisotopic (exact) mass is 392 g/mol. The molecule has 0 atom stereocenters. The molecule has 152 valence electrons. The minimum absolute atomic E-state index is 0.207. The molecule has 5 nitrogen and oxygen atoms in total. The SMILES string of the molecule is CCCC(=O)c1c(CCC)n(Cc2ccc(C(=O)NO)cc2)c2cc(C)ccc12. The smallest absolute Gasteiger partial charge is 0.274 e. The number of rotatable bonds is 8. The molecule has 0 bridgehead atoms. The molecule has 1 aromatic heterocycles. The summed E-state index contributed by atoms with van der Waals surface area (Å²) in [6.45, 7) is 6.84. The Kier molecular flexibility index (Phi) is 6.49. The number of carbonyl (C=O) groups excluding carboxylic acids is 2. The van der Waals surface area contributed by atoms with Crippen LogP contribution in [0, 0.1) is 6.92 Å². The Hall–Kier alpha value is -2.92. The Bertz CT molecular complexity index is 1030. The highest BCUT2D eigenvalue weighted by Gasteiger charge is 2.21. The second-order valence-corrected chi connectivity index (χ2v) is 7.49. The number of ketones is 1. The van der Waals surface area contributed by atoms with Crippen molar-refractivity contribution < 1.29 is 14.8 Å². The Morgan fingerprint density at radius 3 is 2.38 bits per heavy atom. The predicted octanol–water partition coefficient (Wildman–Crippen LogP) is 5.05. The normalized spacial score (nSPS) is 11.0. The topological polar surface area (TPSA) is 71.3 Å². The van der Waals surface area contributed by atoms with Crippen LogP contribution in [0.2, 0.25) is 0 Å². The van der Waals surface area contributed by atoms with Crippen LogP contribution in [0.1, 0.15) is 70.6 Å². The molecule has 1 heterocycles. The lowest BCUT2D eigenvalue weighted by molar-refractivity contribution is 0.0706. The molecule has 0 aliphatic carbocycles. The van der Waals surface area contributed by atoms with E-state index in [0.29, 0.717) is 18.5 Å². The highest BCUT2D eigenvalue weighted by molar-refractivity contribution is 6.09. The van der Waals surface area contributed by atoms with Crippen LogP contribution in [0.4, 0.5) is 0 Å². The summed E-state index contributed by atoms with van der Waals surface area (Å²) in [7, 11) is 0. The zero-order valence-corrected chi connectivity index (χ0v) is 17.3. The Morgan fingerprint density at radius 1 is 1.03 bits per heavy atom. The third kappa shape index (κ3) is 4.25. The molecule has 0 radical (unpaired) electrons. The van der Waals surface area contributed by atoms with Gasteiger partial charge in [-0.3, -0.25) is 14.8 Å². The maximum Gasteiger partial charge on any atom is 0.274 e. The van der Waals surface area contributed by atoms with Crippen LogP contribution >= 0.6 is 0 Å². The van der Waals surface area contributed by atoms with E-state index in [0.717, 1.165) is 52.5 Å². The van der Waals surface area contributed by atoms with Gasteiger partial charge in [0.05, 0.1) is 0 Å². The van der Waals surface area contributed by atoms with Crippen LogP contribution in [0.5, 0.6) is 0 Å². The average molecular weight is 392 g/mol. The summed E-state index contributed by atoms with van der Waals surface area (Å²) in [6, 6.07) is 13.4. The number of hydrogen-bond acceptors (Lipinski definition) is 3. The molecule has 0 spiro atoms. The van der Waals surface area contributed by atoms with Crippen LogP contribution in [-0.2, 0) is 13.0 Å². The molecule has 0 aliphatic heterocycles. The van der Waals surface area contributed by atoms with Crippen LogP contribution in [0.25, 0.3) is 10.9 Å². The fourth-order valence-corrected chi connectivity index (χ4v) is 3.86. The van der Waals surface area contributed by atoms with E-state index >= 15 is 0 Å². The summed E-state index contributed by atoms with van der Waals surface area (Å²) in [5.74, 6) is -0.323. The number of hydrogen-bond donors (Lipinski definition) is 2. The van der Waals surface area contributed by atoms with Gasteiger partial charge in [-0.05, 0) is 49.1 Å². The Labute approximate surface area is 171 Å². The van der Waals surface area contributed by atoms with Gasteiger partial charge in [0, 0.05) is 40.7 Å². The average Bonchev–Trinajstić information content (AvgIpc) is 3.01. The van der Waals surface area contributed by atoms with Crippen LogP contribution in [0.3, 0.4) is 0 Å². The van der Waals surface area contributed by atoms with E-state index in [2.05, 4.69) is 36.6 Å². The molecule has 0 saturated carbocycles. The van der Waals surface area contributed by atoms with Gasteiger partial charge in [0.25, 0.3) is 5.91 Å². The van der Waals surface area contributed by atoms with E-state index in [4.69, 9.17) is 5.21 Å². The van der Waals surface area contributed by atoms with Crippen molar-refractivity contribution in [1.82, 2.24) is 10.0 Å². The molecule has 29 heavy (non-hydrogen) atoms. The third-order valence-corrected chi connectivity index (χ3v) is 5.23. The van der Waals surface area contributed by atoms with E-state index in [1.807, 2.05) is 19.1 Å². The van der Waals surface area contributed by atoms with E-state index in [1.165, 1.54) is 0 Å². The first-order valence-corrected chi connectivity index (χ1v) is 10.2. The molecular formula is C24H28N2O3. The van der Waals surface area contributed by atoms with Gasteiger partial charge in [0.1, 0.15) is 0 Å². The molecule has 2 N–H and O–H groups in total. The van der Waals surface area contributed by atoms with Gasteiger partial charge >= 0.3 is 0 Å². The molecular weight excluding hydrogens is 364 g/mol. The fourth-order valence-electron chi connectivity index (χ4n) is 3.86. The van der Waals surface area contributed by atoms with E-state index in [-0.39, 0.29) is 5.78 Å². The second kappa shape index (κ2) is 9.05. The summed E-state index contributed by atoms with van der Waals surface area (Å²) >= 11 is 0. The molecule has 3 rings (SSSR count). The van der Waals surface area contributed by atoms with Gasteiger partial charge < -0.3 is 4.57 Å². The van der Waals surface area contributed by atoms with Crippen molar-refractivity contribution in [1.29, 1.82) is 0 Å². The number of amides is 1. The van der Waals surface area contributed by atoms with Gasteiger partial charge in [-0.1, -0.05) is 44.5 Å². The predicted molar refractivity (Wildman–Crippen MR) is 115 cm³/mol. The van der Waals surface area contributed by atoms with Crippen molar-refractivity contribution in [3.8, 4) is 0 Å². The molecule has 0 unspecified atom stereocenters. The van der Waals surface area contributed by atoms with Gasteiger partial charge in [0.2, 0.25) is 0 Å². The molecule has 0 fully saturated rings. The first-order chi connectivity index (χ1) is 14.0. The van der Waals surface area contributed by atoms with Gasteiger partial charge in [-0.15, -0.1) is 0 Å². The lowest BCUT2D eigenvalue weighted by atomic mass is 10.0. The number of carbonyl (C=O) groups is 2. The third-order valence-electron chi connectivity index (χ3n) is 5.23. The van der Waals surface area contributed by atoms with Crippen molar-refractivity contribution in [2.75, 3.05) is 0 Å². The number of fused-ring (bicyclic) bond motifs is 1. The Balaban J connectivity index is 2.12. The van der Waals surface area contributed by atoms with Gasteiger partial charge in [0.15, 0.2) is 5.78 Å². The Morgan fingerprint density at radius 2 is 1.76 bits per heavy atom. The zero-order chi connectivity index (χ0) is 21.0. The maximum absolute atomic E-state index is 13.0. The summed E-state index contributed by atoms with van der Waals surface area (Å²) in [6.07, 6.45) is 3.17. The van der Waals surface area contributed by atoms with Crippen LogP contribution in [-0.4, -0.2) is 21.5 Å². The van der Waals surface area contributed by atoms with E-state index < -0.39 is 5.91 Å². The quantitative estimate of drug-likeness (QED) is 0.320. The van der Waals surface area contributed by atoms with E-state index in [9.17, 15) is 9.59 Å². The van der Waals surface area contributed by atoms with Gasteiger partial charge in [-0.2, -0.15) is 0 Å². The van der Waals surface area contributed by atoms with E-state index in [1.54, 1.807) is 17.6 Å². The summed E-state index contributed by atoms with van der Waals surface area (Å²) in [5.41, 5.74) is 7.26. The zero-order valence-electron chi connectivity index (χ0n) is 17.3. The number of hydroxylamine groups is 1. The minimum Gasteiger partial charge on any atom is -0.339 e. The summed E-state index contributed by atoms with van der Waals surface area (Å²) in [4.78, 5) is 24.5. The number of nitrogens with one attached hydrogen (secondary N) is 1. The van der Waals surface area contributed by atoms with Crippen molar-refractivity contribution in [3.63, 3.8) is 0 Å². The largest absolute Gasteiger partial charge is 0.339 e. The lowest BCUT2D eigenvalue weighted by Crippen LogP contribution is -2.18. The van der Waals surface area contributed by atoms with Crippen molar-refractivity contribution >= 4 is 22.6 Å². The number of aryl methyl sites for hydroxylation is 1. The number of aromatic nitrogens is 1. The standard InChI is InChI=1S/C24H28N2O3/c1-4-6-20-23(22(27)7-5-2)19-13-8-16(3)14-21(19)26(20)15-17-9-11-18(12-10-17)24(28)25-29/h8-14,29H,4-7,15H2,1-3H3,(H,25,28). The van der Waals surface area contributed by atoms with Crippen LogP contribution in [0.15, 0.2) is 42.5 Å². The van der Waals surface area contributed by atoms with Crippen molar-refractivity contribution in [2.24, 2.45) is 0 Å². The summed E-state index contributed by atoms with van der Waals surface area (Å²) < 4.78 is 2.25. The van der Waals surface area contributed by atoms with Crippen LogP contribution < -0.4 is 5.48 Å². The summed E-state index contributed by atoms with van der Waals surface area (Å²) in [5, 5.41) is 9.82. The number of Topliss-reactive ketones (excluding diaryl/α,β-unsaturated/α-hetero) is 1. The number of benzene rings is 2. The van der Waals surface area contributed by atoms with Gasteiger partial charge in [-0.25, -0.2) is 5.48 Å². The van der Waals surface area contributed by atoms with Crippen molar-refractivity contribution in [2.45, 2.75) is 53.0 Å². The first-order valence-electron chi connectivity index (χ1n) is 10.2. The minimum atomic E-state index is -0.530. The number of nitrogens with zero attached hydrogens (tertiary/aromatic N) is 1. The molecule has 1 amide bonds. The van der Waals surface area contributed by atoms with Crippen molar-refractivity contribution in [3.05, 3.63) is 70.4 Å². The molecule has 2 aromatic carbocycles. The fraction of sp³-hybridized carbons (Fsp3) is 0.333. The molecule has 3 aromatic rings. The highest BCUT2D eigenvalue weighted by Crippen LogP contribution is 2.30. The maximum atomic E-state index is 13.0. The molecule has 0 saturated heterocycles.